The van der Waals surface area contributed by atoms with Crippen LogP contribution in [-0.4, -0.2) is 446 Å². The van der Waals surface area contributed by atoms with Gasteiger partial charge in [0.25, 0.3) is 0 Å². The molecule has 1 amide bonds. The zero-order valence-corrected chi connectivity index (χ0v) is 78.2. The lowest BCUT2D eigenvalue weighted by Crippen LogP contribution is -2.71. The van der Waals surface area contributed by atoms with E-state index in [2.05, 4.69) is 46.0 Å². The molecule has 782 valence electrons. The SMILES string of the molecule is CC1O[C@@H](O[C@@H]2C(O[C@@H]3OC(C)[C@H](O)[C@H](O)C3O)[C@@H](NC(=O)CCCCCCCCCCCO[C@@H]3OC[C@](O)(CO)C3O)C(CO)O[C@H]2OC(=O)[C@]23CCC(C)(C)CC2C2=CCC4C5(C)CC[C@H](O[C@@H]6OC[C@@H](O)[C@H](O[C@@H]7OC[C@@H](O)[C@H](O)C7O)C6O[C@@H]6OC(CO)[C@H](O)[C@H](O)C6O)[C@](C)(C=O)[C@@H]5CC[C@]4(C)[C@]2(C)CC3O)[C@@H](O)C(O)[C@H]1O[C@@H]1OC[C@@H](O)C(O[C@@H]2OC[C@@](O)(CO)C2O)[C@H]1O. The van der Waals surface area contributed by atoms with Crippen molar-refractivity contribution in [2.75, 3.05) is 66.1 Å². The Balaban J connectivity index is 0.728. The summed E-state index contributed by atoms with van der Waals surface area (Å²) in [5.41, 5.74) is -9.16. The first kappa shape index (κ1) is 108. The summed E-state index contributed by atoms with van der Waals surface area (Å²) in [5.74, 6) is -3.16. The van der Waals surface area contributed by atoms with Crippen LogP contribution in [0, 0.1) is 50.2 Å². The molecule has 17 unspecified atom stereocenters. The third-order valence-corrected chi connectivity index (χ3v) is 33.1. The Hall–Kier alpha value is -3.25. The summed E-state index contributed by atoms with van der Waals surface area (Å²) in [6, 6.07) is -1.62. The fourth-order valence-electron chi connectivity index (χ4n) is 24.4. The number of aldehydes is 1. The van der Waals surface area contributed by atoms with Crippen molar-refractivity contribution in [1.29, 1.82) is 0 Å². The number of hydrogen-bond donors (Lipinski definition) is 24. The van der Waals surface area contributed by atoms with Crippen LogP contribution in [0.5, 0.6) is 0 Å². The smallest absolute Gasteiger partial charge is 0.317 e. The van der Waals surface area contributed by atoms with Crippen molar-refractivity contribution in [3.63, 3.8) is 0 Å². The molecule has 136 heavy (non-hydrogen) atoms. The first-order valence-electron chi connectivity index (χ1n) is 48.3. The van der Waals surface area contributed by atoms with E-state index in [4.69, 9.17) is 85.3 Å². The molecule has 0 aromatic rings. The van der Waals surface area contributed by atoms with E-state index >= 15 is 4.79 Å². The molecule has 48 atom stereocenters. The van der Waals surface area contributed by atoms with Crippen LogP contribution < -0.4 is 5.32 Å². The van der Waals surface area contributed by atoms with E-state index in [1.807, 2.05) is 0 Å². The van der Waals surface area contributed by atoms with Crippen molar-refractivity contribution < 1.29 is 217 Å². The number of carbonyl (C=O) groups excluding carboxylic acids is 3. The molecule has 4 saturated carbocycles. The number of amides is 1. The summed E-state index contributed by atoms with van der Waals surface area (Å²) in [7, 11) is 0. The maximum atomic E-state index is 16.7. The Bertz CT molecular complexity index is 3940. The molecule has 0 aromatic heterocycles. The van der Waals surface area contributed by atoms with Crippen LogP contribution in [0.25, 0.3) is 0 Å². The van der Waals surface area contributed by atoms with Crippen molar-refractivity contribution in [3.05, 3.63) is 11.6 Å². The molecule has 0 spiro atoms. The predicted octanol–water partition coefficient (Wildman–Crippen LogP) is -6.49. The first-order valence-corrected chi connectivity index (χ1v) is 48.3. The number of carbonyl (C=O) groups is 3. The molecule has 14 rings (SSSR count). The highest BCUT2D eigenvalue weighted by molar-refractivity contribution is 5.80. The fraction of sp³-hybridized carbons (Fsp3) is 0.945. The molecular weight excluding hydrogens is 1810 g/mol. The average Bonchev–Trinajstić information content (AvgIpc) is 1.56. The highest BCUT2D eigenvalue weighted by Crippen LogP contribution is 2.76. The second-order valence-electron chi connectivity index (χ2n) is 42.4. The van der Waals surface area contributed by atoms with Gasteiger partial charge in [-0.15, -0.1) is 0 Å². The van der Waals surface area contributed by atoms with Gasteiger partial charge in [-0.1, -0.05) is 98.1 Å². The Labute approximate surface area is 787 Å². The Morgan fingerprint density at radius 2 is 0.971 bits per heavy atom. The van der Waals surface area contributed by atoms with Crippen molar-refractivity contribution in [1.82, 2.24) is 5.32 Å². The van der Waals surface area contributed by atoms with Gasteiger partial charge in [0.1, 0.15) is 163 Å². The van der Waals surface area contributed by atoms with E-state index in [1.54, 1.807) is 6.92 Å². The van der Waals surface area contributed by atoms with Crippen LogP contribution in [0.4, 0.5) is 0 Å². The van der Waals surface area contributed by atoms with Crippen LogP contribution in [0.1, 0.15) is 177 Å². The van der Waals surface area contributed by atoms with Crippen molar-refractivity contribution in [2.24, 2.45) is 50.2 Å². The van der Waals surface area contributed by atoms with Gasteiger partial charge in [-0.05, 0) is 124 Å². The zero-order chi connectivity index (χ0) is 98.8. The second kappa shape index (κ2) is 43.8. The van der Waals surface area contributed by atoms with E-state index in [9.17, 15) is 127 Å². The average molecular weight is 1960 g/mol. The van der Waals surface area contributed by atoms with E-state index in [-0.39, 0.29) is 44.8 Å². The number of hydrogen-bond acceptors (Lipinski definition) is 44. The van der Waals surface area contributed by atoms with Gasteiger partial charge in [-0.25, -0.2) is 0 Å². The third-order valence-electron chi connectivity index (χ3n) is 33.1. The summed E-state index contributed by atoms with van der Waals surface area (Å²) in [4.78, 5) is 45.8. The van der Waals surface area contributed by atoms with Crippen LogP contribution in [0.2, 0.25) is 0 Å². The van der Waals surface area contributed by atoms with Gasteiger partial charge in [0, 0.05) is 13.0 Å². The molecule has 14 aliphatic rings. The minimum atomic E-state index is -2.23. The standard InChI is InChI=1S/C91H149NO44/c1-40-55(103)58(106)62(110)76(125-40)133-69-54(92-53(102)18-16-14-12-10-9-11-13-15-17-27-119-81-72(114)89(117,36-96)38-123-81)47(30-93)127-80(71(69)135-77-64(112)60(108)66(41(2)126-77)130-75-65(113)67(45(99)33-121-75)131-82-73(115)90(118,37-97)39-124-82)136-83(116)91-26-25-84(3,4)28-43(91)42-19-20-50-85(5)23-22-52(86(6,35-95)49(85)21-24-87(50,7)88(42,8)29-51(91)101)129-79-70(134-78-63(111)59(107)57(105)48(31-94)128-78)68(46(100)34-122-79)132-74-61(109)56(104)44(98)32-120-74/h19,35,40-41,43-52,54-82,93-94,96-101,103-115,117-118H,9-18,20-34,36-39H2,1-8H3,(H,92,102)/t40?,41?,43?,44-,45-,46-,47?,48?,49-,50?,51?,52+,54+,55+,56+,57+,58+,59+,60?,61?,62?,63?,64+,65-,66+,67?,68+,69?,70?,71-,72?,73?,74+,75+,76+,77+,78+,79+,80+,81-,82+,85?,86-,87+,88-,89-,90+,91-/m1/s1. The van der Waals surface area contributed by atoms with E-state index in [1.165, 1.54) is 13.8 Å². The number of rotatable bonds is 35. The van der Waals surface area contributed by atoms with Gasteiger partial charge in [-0.3, -0.25) is 9.59 Å². The molecule has 9 saturated heterocycles. The van der Waals surface area contributed by atoms with Crippen LogP contribution >= 0.6 is 0 Å². The quantitative estimate of drug-likeness (QED) is 0.00922. The largest absolute Gasteiger partial charge is 0.432 e. The third kappa shape index (κ3) is 20.9. The molecule has 24 N–H and O–H groups in total. The Morgan fingerprint density at radius 3 is 1.60 bits per heavy atom. The Morgan fingerprint density at radius 1 is 0.456 bits per heavy atom. The van der Waals surface area contributed by atoms with Gasteiger partial charge in [0.2, 0.25) is 12.2 Å². The summed E-state index contributed by atoms with van der Waals surface area (Å²) in [6.45, 7) is 9.39. The minimum absolute atomic E-state index is 0.0114. The molecule has 0 bridgehead atoms. The number of aliphatic hydroxyl groups is 23. The predicted molar refractivity (Wildman–Crippen MR) is 454 cm³/mol. The molecule has 45 heteroatoms. The molecule has 5 aliphatic carbocycles. The number of fused-ring (bicyclic) bond motifs is 7. The molecule has 9 heterocycles. The molecule has 9 aliphatic heterocycles. The fourth-order valence-corrected chi connectivity index (χ4v) is 24.4. The number of unbranched alkanes of at least 4 members (excludes halogenated alkanes) is 8. The maximum absolute atomic E-state index is 16.7. The zero-order valence-electron chi connectivity index (χ0n) is 78.2. The van der Waals surface area contributed by atoms with Gasteiger partial charge in [0.15, 0.2) is 56.4 Å². The van der Waals surface area contributed by atoms with Gasteiger partial charge in [0.05, 0.1) is 95.3 Å². The monoisotopic (exact) mass is 1960 g/mol. The van der Waals surface area contributed by atoms with Gasteiger partial charge >= 0.3 is 5.97 Å². The number of nitrogens with one attached hydrogen (secondary N) is 1. The van der Waals surface area contributed by atoms with Crippen molar-refractivity contribution in [3.8, 4) is 0 Å². The number of aliphatic hydroxyl groups excluding tert-OH is 21. The highest BCUT2D eigenvalue weighted by atomic mass is 16.8. The summed E-state index contributed by atoms with van der Waals surface area (Å²) in [5, 5.41) is 258. The maximum Gasteiger partial charge on any atom is 0.317 e. The lowest BCUT2D eigenvalue weighted by Gasteiger charge is -2.71. The summed E-state index contributed by atoms with van der Waals surface area (Å²) >= 11 is 0. The topological polar surface area (TPSA) is 695 Å². The minimum Gasteiger partial charge on any atom is -0.432 e. The molecule has 45 nitrogen and oxygen atoms in total. The van der Waals surface area contributed by atoms with E-state index in [0.717, 1.165) is 50.4 Å². The van der Waals surface area contributed by atoms with Crippen LogP contribution in [-0.2, 0) is 99.6 Å². The van der Waals surface area contributed by atoms with Crippen molar-refractivity contribution in [2.45, 2.75) is 422 Å². The molecule has 0 aromatic carbocycles. The molecule has 13 fully saturated rings. The number of allylic oxidation sites excluding steroid dienone is 2. The lowest BCUT2D eigenvalue weighted by molar-refractivity contribution is -0.386. The van der Waals surface area contributed by atoms with Gasteiger partial charge in [-0.2, -0.15) is 0 Å². The number of esters is 1. The molecule has 0 radical (unpaired) electrons. The summed E-state index contributed by atoms with van der Waals surface area (Å²) < 4.78 is 110. The molecular formula is C91H149NO44. The first-order chi connectivity index (χ1) is 64.3. The van der Waals surface area contributed by atoms with Gasteiger partial charge < -0.3 is 213 Å². The number of ether oxygens (including phenoxy) is 18. The Kier molecular flexibility index (Phi) is 34.9. The van der Waals surface area contributed by atoms with E-state index in [0.29, 0.717) is 57.8 Å². The van der Waals surface area contributed by atoms with Crippen LogP contribution in [0.3, 0.4) is 0 Å². The highest BCUT2D eigenvalue weighted by Gasteiger charge is 2.74. The van der Waals surface area contributed by atoms with Crippen molar-refractivity contribution >= 4 is 18.2 Å². The van der Waals surface area contributed by atoms with E-state index < -0.39 is 354 Å². The van der Waals surface area contributed by atoms with Crippen LogP contribution in [0.15, 0.2) is 11.6 Å². The normalized spacial score (nSPS) is 50.8. The summed E-state index contributed by atoms with van der Waals surface area (Å²) in [6.07, 6.45) is -52.4. The lowest BCUT2D eigenvalue weighted by atomic mass is 9.33. The second-order valence-corrected chi connectivity index (χ2v) is 42.4.